The molecule has 0 radical (unpaired) electrons. The number of amides is 1. The Morgan fingerprint density at radius 3 is 2.32 bits per heavy atom. The Hall–Kier alpha value is -5.37. The van der Waals surface area contributed by atoms with E-state index < -0.39 is 5.97 Å². The molecule has 0 spiro atoms. The van der Waals surface area contributed by atoms with Crippen LogP contribution in [-0.2, 0) is 35.4 Å². The number of aryl methyl sites for hydroxylation is 2. The van der Waals surface area contributed by atoms with Gasteiger partial charge in [0.05, 0.1) is 18.7 Å². The molecule has 0 bridgehead atoms. The molecule has 224 valence electrons. The highest BCUT2D eigenvalue weighted by atomic mass is 16.5. The molecule has 0 saturated carbocycles. The van der Waals surface area contributed by atoms with Gasteiger partial charge in [-0.3, -0.25) is 9.59 Å². The summed E-state index contributed by atoms with van der Waals surface area (Å²) in [5, 5.41) is 12.2. The van der Waals surface area contributed by atoms with Gasteiger partial charge in [0.1, 0.15) is 23.0 Å². The molecule has 0 unspecified atom stereocenters. The van der Waals surface area contributed by atoms with Gasteiger partial charge in [0.15, 0.2) is 0 Å². The van der Waals surface area contributed by atoms with Crippen molar-refractivity contribution in [3.05, 3.63) is 131 Å². The molecule has 44 heavy (non-hydrogen) atoms. The third-order valence-electron chi connectivity index (χ3n) is 7.08. The molecule has 0 atom stereocenters. The number of carboxylic acids is 1. The molecule has 0 fully saturated rings. The first-order valence-electron chi connectivity index (χ1n) is 14.5. The summed E-state index contributed by atoms with van der Waals surface area (Å²) in [4.78, 5) is 28.9. The van der Waals surface area contributed by atoms with E-state index in [9.17, 15) is 14.7 Å². The van der Waals surface area contributed by atoms with E-state index >= 15 is 0 Å². The normalized spacial score (nSPS) is 10.8. The average molecular weight is 591 g/mol. The van der Waals surface area contributed by atoms with E-state index in [-0.39, 0.29) is 25.3 Å². The maximum absolute atomic E-state index is 13.0. The Bertz CT molecular complexity index is 1700. The van der Waals surface area contributed by atoms with Gasteiger partial charge in [0, 0.05) is 30.5 Å². The summed E-state index contributed by atoms with van der Waals surface area (Å²) in [5.74, 6) is 2.19. The summed E-state index contributed by atoms with van der Waals surface area (Å²) < 4.78 is 17.9. The Labute approximate surface area is 256 Å². The number of nitrogens with one attached hydrogen (secondary N) is 1. The van der Waals surface area contributed by atoms with E-state index in [1.807, 2.05) is 110 Å². The van der Waals surface area contributed by atoms with Crippen LogP contribution in [0.15, 0.2) is 108 Å². The second-order valence-corrected chi connectivity index (χ2v) is 10.3. The second-order valence-electron chi connectivity index (χ2n) is 10.3. The minimum Gasteiger partial charge on any atom is -0.493 e. The van der Waals surface area contributed by atoms with Crippen molar-refractivity contribution in [2.45, 2.75) is 39.2 Å². The lowest BCUT2D eigenvalue weighted by molar-refractivity contribution is -0.137. The maximum Gasteiger partial charge on any atom is 0.303 e. The number of oxazole rings is 1. The van der Waals surface area contributed by atoms with Crippen LogP contribution in [0.1, 0.15) is 34.6 Å². The predicted octanol–water partition coefficient (Wildman–Crippen LogP) is 6.94. The molecule has 2 N–H and O–H groups in total. The molecule has 1 heterocycles. The summed E-state index contributed by atoms with van der Waals surface area (Å²) in [6, 6.07) is 32.1. The number of aromatic nitrogens is 1. The Balaban J connectivity index is 1.22. The van der Waals surface area contributed by atoms with Crippen LogP contribution in [0.5, 0.6) is 17.2 Å². The van der Waals surface area contributed by atoms with E-state index in [0.717, 1.165) is 33.7 Å². The van der Waals surface area contributed by atoms with E-state index in [1.165, 1.54) is 0 Å². The van der Waals surface area contributed by atoms with E-state index in [0.29, 0.717) is 42.6 Å². The van der Waals surface area contributed by atoms with E-state index in [2.05, 4.69) is 10.3 Å². The topological polar surface area (TPSA) is 111 Å². The first-order valence-corrected chi connectivity index (χ1v) is 14.5. The Morgan fingerprint density at radius 1 is 0.818 bits per heavy atom. The van der Waals surface area contributed by atoms with E-state index in [4.69, 9.17) is 13.9 Å². The van der Waals surface area contributed by atoms with Gasteiger partial charge in [-0.05, 0) is 66.9 Å². The standard InChI is InChI=1S/C36H34N2O6/c1-25-32(38-36(43-25)27-10-4-2-5-11-27)20-21-42-31-18-16-26(17-19-35(40)41)29(22-31)24-37-34(39)23-28-12-8-9-15-33(28)44-30-13-6-3-7-14-30/h2-16,18,22H,17,19-21,23-24H2,1H3,(H,37,39)(H,40,41). The first kappa shape index (κ1) is 30.1. The largest absolute Gasteiger partial charge is 0.493 e. The number of ether oxygens (including phenoxy) is 2. The molecule has 1 aromatic heterocycles. The number of hydrogen-bond donors (Lipinski definition) is 2. The summed E-state index contributed by atoms with van der Waals surface area (Å²) in [5.41, 5.74) is 4.14. The number of benzene rings is 4. The molecule has 0 aliphatic heterocycles. The fourth-order valence-electron chi connectivity index (χ4n) is 4.77. The van der Waals surface area contributed by atoms with Crippen molar-refractivity contribution < 1.29 is 28.6 Å². The molecule has 5 aromatic rings. The van der Waals surface area contributed by atoms with Gasteiger partial charge in [-0.2, -0.15) is 0 Å². The molecule has 8 heteroatoms. The fraction of sp³-hybridized carbons (Fsp3) is 0.194. The monoisotopic (exact) mass is 590 g/mol. The number of aliphatic carboxylic acids is 1. The summed E-state index contributed by atoms with van der Waals surface area (Å²) in [6.07, 6.45) is 1.01. The lowest BCUT2D eigenvalue weighted by atomic mass is 10.0. The minimum atomic E-state index is -0.881. The van der Waals surface area contributed by atoms with E-state index in [1.54, 1.807) is 0 Å². The zero-order chi connectivity index (χ0) is 30.7. The highest BCUT2D eigenvalue weighted by molar-refractivity contribution is 5.79. The predicted molar refractivity (Wildman–Crippen MR) is 167 cm³/mol. The number of hydrogen-bond acceptors (Lipinski definition) is 6. The zero-order valence-corrected chi connectivity index (χ0v) is 24.5. The lowest BCUT2D eigenvalue weighted by Crippen LogP contribution is -2.25. The SMILES string of the molecule is Cc1oc(-c2ccccc2)nc1CCOc1ccc(CCC(=O)O)c(CNC(=O)Cc2ccccc2Oc2ccccc2)c1. The number of para-hydroxylation sites is 2. The van der Waals surface area contributed by atoms with Gasteiger partial charge in [0.2, 0.25) is 11.8 Å². The molecular formula is C36H34N2O6. The number of carbonyl (C=O) groups is 2. The number of rotatable bonds is 14. The van der Waals surface area contributed by atoms with Gasteiger partial charge < -0.3 is 24.3 Å². The van der Waals surface area contributed by atoms with Crippen LogP contribution >= 0.6 is 0 Å². The molecule has 0 saturated heterocycles. The zero-order valence-electron chi connectivity index (χ0n) is 24.5. The smallest absolute Gasteiger partial charge is 0.303 e. The van der Waals surface area contributed by atoms with Crippen molar-refractivity contribution >= 4 is 11.9 Å². The van der Waals surface area contributed by atoms with Crippen LogP contribution in [0.3, 0.4) is 0 Å². The van der Waals surface area contributed by atoms with Crippen LogP contribution in [0.2, 0.25) is 0 Å². The van der Waals surface area contributed by atoms with Crippen molar-refractivity contribution in [1.29, 1.82) is 0 Å². The van der Waals surface area contributed by atoms with Crippen molar-refractivity contribution in [3.8, 4) is 28.7 Å². The first-order chi connectivity index (χ1) is 21.4. The lowest BCUT2D eigenvalue weighted by Gasteiger charge is -2.14. The van der Waals surface area contributed by atoms with Crippen LogP contribution in [0.4, 0.5) is 0 Å². The van der Waals surface area contributed by atoms with Crippen LogP contribution < -0.4 is 14.8 Å². The van der Waals surface area contributed by atoms with Crippen molar-refractivity contribution in [1.82, 2.24) is 10.3 Å². The quantitative estimate of drug-likeness (QED) is 0.144. The van der Waals surface area contributed by atoms with Crippen molar-refractivity contribution in [2.75, 3.05) is 6.61 Å². The van der Waals surface area contributed by atoms with Crippen molar-refractivity contribution in [3.63, 3.8) is 0 Å². The van der Waals surface area contributed by atoms with Gasteiger partial charge in [-0.15, -0.1) is 0 Å². The fourth-order valence-corrected chi connectivity index (χ4v) is 4.77. The molecule has 1 amide bonds. The van der Waals surface area contributed by atoms with Crippen LogP contribution in [0.25, 0.3) is 11.5 Å². The van der Waals surface area contributed by atoms with Crippen LogP contribution in [-0.4, -0.2) is 28.6 Å². The summed E-state index contributed by atoms with van der Waals surface area (Å²) in [7, 11) is 0. The summed E-state index contributed by atoms with van der Waals surface area (Å²) >= 11 is 0. The molecular weight excluding hydrogens is 556 g/mol. The third kappa shape index (κ3) is 8.35. The number of carboxylic acid groups (broad SMARTS) is 1. The third-order valence-corrected chi connectivity index (χ3v) is 7.08. The number of nitrogens with zero attached hydrogens (tertiary/aromatic N) is 1. The Morgan fingerprint density at radius 2 is 1.55 bits per heavy atom. The summed E-state index contributed by atoms with van der Waals surface area (Å²) in [6.45, 7) is 2.49. The average Bonchev–Trinajstić information content (AvgIpc) is 3.41. The molecule has 0 aliphatic carbocycles. The molecule has 8 nitrogen and oxygen atoms in total. The molecule has 0 aliphatic rings. The van der Waals surface area contributed by atoms with Crippen molar-refractivity contribution in [2.24, 2.45) is 0 Å². The Kier molecular flexibility index (Phi) is 10.0. The van der Waals surface area contributed by atoms with Gasteiger partial charge in [0.25, 0.3) is 0 Å². The van der Waals surface area contributed by atoms with Gasteiger partial charge in [-0.1, -0.05) is 60.7 Å². The van der Waals surface area contributed by atoms with Gasteiger partial charge in [-0.25, -0.2) is 4.98 Å². The highest BCUT2D eigenvalue weighted by Crippen LogP contribution is 2.26. The maximum atomic E-state index is 13.0. The molecule has 4 aromatic carbocycles. The second kappa shape index (κ2) is 14.7. The number of carbonyl (C=O) groups excluding carboxylic acids is 1. The minimum absolute atomic E-state index is 0.0134. The van der Waals surface area contributed by atoms with Crippen LogP contribution in [0, 0.1) is 6.92 Å². The van der Waals surface area contributed by atoms with Gasteiger partial charge >= 0.3 is 5.97 Å². The highest BCUT2D eigenvalue weighted by Gasteiger charge is 2.14. The molecule has 5 rings (SSSR count).